The van der Waals surface area contributed by atoms with Crippen LogP contribution in [0.4, 0.5) is 5.69 Å². The molecular weight excluding hydrogens is 378 g/mol. The Labute approximate surface area is 168 Å². The fourth-order valence-corrected chi connectivity index (χ4v) is 3.16. The molecule has 0 atom stereocenters. The molecule has 0 aliphatic carbocycles. The summed E-state index contributed by atoms with van der Waals surface area (Å²) < 4.78 is 12.2. The lowest BCUT2D eigenvalue weighted by atomic mass is 10.2. The average Bonchev–Trinajstić information content (AvgIpc) is 2.71. The second-order valence-electron chi connectivity index (χ2n) is 6.17. The van der Waals surface area contributed by atoms with Gasteiger partial charge in [-0.2, -0.15) is 9.78 Å². The standard InChI is InChI=1S/C21H22ClN3O3/c1-4-28-18-11-10-15(12-19(18)27-3)14-24(2)17-13-23-25(21(26)20(17)22)16-8-6-5-7-9-16/h5-13H,4,14H2,1-3H3. The van der Waals surface area contributed by atoms with Gasteiger partial charge < -0.3 is 14.4 Å². The van der Waals surface area contributed by atoms with Crippen LogP contribution in [0, 0.1) is 0 Å². The quantitative estimate of drug-likeness (QED) is 0.602. The average molecular weight is 400 g/mol. The van der Waals surface area contributed by atoms with E-state index in [1.165, 1.54) is 4.68 Å². The Balaban J connectivity index is 1.86. The zero-order valence-electron chi connectivity index (χ0n) is 16.1. The number of hydrogen-bond acceptors (Lipinski definition) is 5. The topological polar surface area (TPSA) is 56.6 Å². The van der Waals surface area contributed by atoms with Crippen LogP contribution in [0.2, 0.25) is 5.02 Å². The Hall–Kier alpha value is -2.99. The van der Waals surface area contributed by atoms with Crippen molar-refractivity contribution >= 4 is 17.3 Å². The molecule has 0 amide bonds. The highest BCUT2D eigenvalue weighted by Gasteiger charge is 2.15. The van der Waals surface area contributed by atoms with Crippen LogP contribution in [-0.4, -0.2) is 30.5 Å². The van der Waals surface area contributed by atoms with Crippen molar-refractivity contribution in [3.8, 4) is 17.2 Å². The van der Waals surface area contributed by atoms with Crippen molar-refractivity contribution in [3.63, 3.8) is 0 Å². The molecule has 0 N–H and O–H groups in total. The fraction of sp³-hybridized carbons (Fsp3) is 0.238. The van der Waals surface area contributed by atoms with Crippen LogP contribution in [-0.2, 0) is 6.54 Å². The number of halogens is 1. The number of nitrogens with zero attached hydrogens (tertiary/aromatic N) is 3. The van der Waals surface area contributed by atoms with E-state index in [1.807, 2.05) is 55.3 Å². The molecule has 0 fully saturated rings. The van der Waals surface area contributed by atoms with Crippen LogP contribution < -0.4 is 19.9 Å². The number of aromatic nitrogens is 2. The lowest BCUT2D eigenvalue weighted by Gasteiger charge is -2.21. The van der Waals surface area contributed by atoms with E-state index in [9.17, 15) is 4.79 Å². The highest BCUT2D eigenvalue weighted by Crippen LogP contribution is 2.29. The van der Waals surface area contributed by atoms with Crippen molar-refractivity contribution < 1.29 is 9.47 Å². The first kappa shape index (κ1) is 19.8. The number of anilines is 1. The maximum Gasteiger partial charge on any atom is 0.292 e. The van der Waals surface area contributed by atoms with E-state index >= 15 is 0 Å². The summed E-state index contributed by atoms with van der Waals surface area (Å²) in [5.41, 5.74) is 1.86. The van der Waals surface area contributed by atoms with E-state index in [2.05, 4.69) is 5.10 Å². The van der Waals surface area contributed by atoms with E-state index in [0.717, 1.165) is 5.56 Å². The van der Waals surface area contributed by atoms with Gasteiger partial charge >= 0.3 is 0 Å². The molecule has 0 aliphatic rings. The minimum absolute atomic E-state index is 0.124. The number of rotatable bonds is 7. The summed E-state index contributed by atoms with van der Waals surface area (Å²) in [6.45, 7) is 3.02. The van der Waals surface area contributed by atoms with Crippen LogP contribution in [0.1, 0.15) is 12.5 Å². The maximum atomic E-state index is 12.7. The Morgan fingerprint density at radius 3 is 2.57 bits per heavy atom. The molecule has 3 aromatic rings. The van der Waals surface area contributed by atoms with Gasteiger partial charge in [0.1, 0.15) is 5.02 Å². The smallest absolute Gasteiger partial charge is 0.292 e. The second-order valence-corrected chi connectivity index (χ2v) is 6.55. The van der Waals surface area contributed by atoms with E-state index in [1.54, 1.807) is 25.4 Å². The number of hydrogen-bond donors (Lipinski definition) is 0. The van der Waals surface area contributed by atoms with Gasteiger partial charge in [0, 0.05) is 13.6 Å². The Kier molecular flexibility index (Phi) is 6.21. The highest BCUT2D eigenvalue weighted by atomic mass is 35.5. The summed E-state index contributed by atoms with van der Waals surface area (Å²) in [5, 5.41) is 4.40. The summed E-state index contributed by atoms with van der Waals surface area (Å²) in [6.07, 6.45) is 1.60. The van der Waals surface area contributed by atoms with E-state index in [-0.39, 0.29) is 10.6 Å². The predicted octanol–water partition coefficient (Wildman–Crippen LogP) is 3.93. The molecule has 1 aromatic heterocycles. The van der Waals surface area contributed by atoms with Crippen LogP contribution in [0.15, 0.2) is 59.5 Å². The normalized spacial score (nSPS) is 10.6. The first-order valence-electron chi connectivity index (χ1n) is 8.89. The molecule has 7 heteroatoms. The third-order valence-corrected chi connectivity index (χ3v) is 4.62. The second kappa shape index (κ2) is 8.80. The van der Waals surface area contributed by atoms with Gasteiger partial charge in [0.15, 0.2) is 11.5 Å². The summed E-state index contributed by atoms with van der Waals surface area (Å²) in [6, 6.07) is 14.9. The van der Waals surface area contributed by atoms with Crippen LogP contribution in [0.5, 0.6) is 11.5 Å². The molecule has 0 aliphatic heterocycles. The molecule has 0 spiro atoms. The van der Waals surface area contributed by atoms with Crippen molar-refractivity contribution in [1.29, 1.82) is 0 Å². The maximum absolute atomic E-state index is 12.7. The van der Waals surface area contributed by atoms with Gasteiger partial charge in [0.25, 0.3) is 5.56 Å². The minimum atomic E-state index is -0.360. The fourth-order valence-electron chi connectivity index (χ4n) is 2.89. The predicted molar refractivity (Wildman–Crippen MR) is 111 cm³/mol. The molecule has 3 rings (SSSR count). The molecule has 0 radical (unpaired) electrons. The molecule has 146 valence electrons. The zero-order valence-corrected chi connectivity index (χ0v) is 16.8. The summed E-state index contributed by atoms with van der Waals surface area (Å²) in [5.74, 6) is 1.36. The van der Waals surface area contributed by atoms with E-state index in [0.29, 0.717) is 36.0 Å². The lowest BCUT2D eigenvalue weighted by molar-refractivity contribution is 0.310. The molecule has 0 saturated heterocycles. The van der Waals surface area contributed by atoms with Crippen molar-refractivity contribution in [3.05, 3.63) is 75.7 Å². The first-order chi connectivity index (χ1) is 13.5. The van der Waals surface area contributed by atoms with Gasteiger partial charge in [-0.25, -0.2) is 0 Å². The molecule has 0 saturated carbocycles. The van der Waals surface area contributed by atoms with Crippen molar-refractivity contribution in [2.24, 2.45) is 0 Å². The summed E-state index contributed by atoms with van der Waals surface area (Å²) in [4.78, 5) is 14.5. The SMILES string of the molecule is CCOc1ccc(CN(C)c2cnn(-c3ccccc3)c(=O)c2Cl)cc1OC. The summed E-state index contributed by atoms with van der Waals surface area (Å²) in [7, 11) is 3.47. The van der Waals surface area contributed by atoms with E-state index in [4.69, 9.17) is 21.1 Å². The van der Waals surface area contributed by atoms with Crippen LogP contribution in [0.25, 0.3) is 5.69 Å². The molecule has 6 nitrogen and oxygen atoms in total. The van der Waals surface area contributed by atoms with Crippen molar-refractivity contribution in [2.75, 3.05) is 25.7 Å². The van der Waals surface area contributed by atoms with Gasteiger partial charge in [-0.15, -0.1) is 0 Å². The lowest BCUT2D eigenvalue weighted by Crippen LogP contribution is -2.26. The molecule has 2 aromatic carbocycles. The van der Waals surface area contributed by atoms with Crippen molar-refractivity contribution in [1.82, 2.24) is 9.78 Å². The van der Waals surface area contributed by atoms with Gasteiger partial charge in [-0.3, -0.25) is 4.79 Å². The molecular formula is C21H22ClN3O3. The van der Waals surface area contributed by atoms with Crippen LogP contribution in [0.3, 0.4) is 0 Å². The Morgan fingerprint density at radius 1 is 1.14 bits per heavy atom. The minimum Gasteiger partial charge on any atom is -0.493 e. The number of benzene rings is 2. The molecule has 28 heavy (non-hydrogen) atoms. The monoisotopic (exact) mass is 399 g/mol. The van der Waals surface area contributed by atoms with Gasteiger partial charge in [0.05, 0.1) is 31.3 Å². The summed E-state index contributed by atoms with van der Waals surface area (Å²) >= 11 is 6.37. The third-order valence-electron chi connectivity index (χ3n) is 4.26. The number of methoxy groups -OCH3 is 1. The highest BCUT2D eigenvalue weighted by molar-refractivity contribution is 6.33. The molecule has 0 bridgehead atoms. The Bertz CT molecular complexity index is 1010. The van der Waals surface area contributed by atoms with Crippen molar-refractivity contribution in [2.45, 2.75) is 13.5 Å². The van der Waals surface area contributed by atoms with Gasteiger partial charge in [-0.05, 0) is 36.8 Å². The third kappa shape index (κ3) is 4.12. The van der Waals surface area contributed by atoms with Crippen LogP contribution >= 0.6 is 11.6 Å². The first-order valence-corrected chi connectivity index (χ1v) is 9.27. The number of ether oxygens (including phenoxy) is 2. The number of para-hydroxylation sites is 1. The van der Waals surface area contributed by atoms with E-state index < -0.39 is 0 Å². The zero-order chi connectivity index (χ0) is 20.1. The van der Waals surface area contributed by atoms with Gasteiger partial charge in [-0.1, -0.05) is 35.9 Å². The van der Waals surface area contributed by atoms with Gasteiger partial charge in [0.2, 0.25) is 0 Å². The Morgan fingerprint density at radius 2 is 1.89 bits per heavy atom. The largest absolute Gasteiger partial charge is 0.493 e. The molecule has 0 unspecified atom stereocenters. The molecule has 1 heterocycles.